The van der Waals surface area contributed by atoms with Crippen LogP contribution in [0.15, 0.2) is 37.4 Å². The Morgan fingerprint density at radius 1 is 1.30 bits per heavy atom. The van der Waals surface area contributed by atoms with E-state index in [9.17, 15) is 9.90 Å². The van der Waals surface area contributed by atoms with Gasteiger partial charge in [0.15, 0.2) is 11.5 Å². The highest BCUT2D eigenvalue weighted by Crippen LogP contribution is 2.50. The number of aliphatic imine (C=N–C) groups is 2. The normalized spacial score (nSPS) is 16.1. The second-order valence-electron chi connectivity index (χ2n) is 8.41. The minimum atomic E-state index is -0.487. The molecule has 204 valence electrons. The number of halogens is 3. The molecule has 3 N–H and O–H groups in total. The standard InChI is InChI=1S/C26H36BrCl2N5O3/c1-7-15-11-12-16(26(36)33-22-19(28)23(35)18(27)24(37-6)20(22)29)21(30-4)17(15)25(31-5)32-13-10-14-34(8-2)9-3/h12,15,35H,4,7-11,13-14H2,1-3,5-6H3,(H,31,32)(H,33,36). The number of benzene rings is 1. The molecular formula is C26H36BrCl2N5O3. The smallest absolute Gasteiger partial charge is 0.257 e. The van der Waals surface area contributed by atoms with Crippen molar-refractivity contribution in [3.63, 3.8) is 0 Å². The number of rotatable bonds is 12. The molecule has 0 radical (unpaired) electrons. The third kappa shape index (κ3) is 7.07. The van der Waals surface area contributed by atoms with Crippen LogP contribution in [-0.2, 0) is 4.79 Å². The summed E-state index contributed by atoms with van der Waals surface area (Å²) in [6.45, 7) is 13.9. The summed E-state index contributed by atoms with van der Waals surface area (Å²) in [6, 6.07) is 0. The maximum absolute atomic E-state index is 13.5. The second-order valence-corrected chi connectivity index (χ2v) is 9.96. The van der Waals surface area contributed by atoms with E-state index >= 15 is 0 Å². The Hall–Kier alpha value is -2.07. The van der Waals surface area contributed by atoms with Gasteiger partial charge in [-0.2, -0.15) is 0 Å². The first-order chi connectivity index (χ1) is 17.7. The van der Waals surface area contributed by atoms with Gasteiger partial charge in [0.2, 0.25) is 0 Å². The summed E-state index contributed by atoms with van der Waals surface area (Å²) in [5.74, 6) is 0.185. The van der Waals surface area contributed by atoms with E-state index in [1.165, 1.54) is 7.11 Å². The lowest BCUT2D eigenvalue weighted by molar-refractivity contribution is -0.112. The number of ether oxygens (including phenoxy) is 1. The van der Waals surface area contributed by atoms with Crippen LogP contribution in [0.4, 0.5) is 5.69 Å². The zero-order chi connectivity index (χ0) is 27.7. The van der Waals surface area contributed by atoms with Crippen LogP contribution in [0, 0.1) is 5.92 Å². The van der Waals surface area contributed by atoms with Gasteiger partial charge in [-0.15, -0.1) is 0 Å². The number of phenolic OH excluding ortho intramolecular Hbond substituents is 1. The summed E-state index contributed by atoms with van der Waals surface area (Å²) in [5, 5.41) is 16.5. The third-order valence-electron chi connectivity index (χ3n) is 6.43. The van der Waals surface area contributed by atoms with E-state index in [0.717, 1.165) is 44.6 Å². The van der Waals surface area contributed by atoms with Crippen molar-refractivity contribution in [2.75, 3.05) is 45.7 Å². The number of anilines is 1. The monoisotopic (exact) mass is 615 g/mol. The molecule has 37 heavy (non-hydrogen) atoms. The minimum absolute atomic E-state index is 0.0354. The van der Waals surface area contributed by atoms with Gasteiger partial charge in [0.05, 0.1) is 24.1 Å². The van der Waals surface area contributed by atoms with Crippen LogP contribution in [0.2, 0.25) is 10.0 Å². The number of allylic oxidation sites excluding steroid dienone is 1. The number of amides is 1. The summed E-state index contributed by atoms with van der Waals surface area (Å²) in [7, 11) is 3.12. The van der Waals surface area contributed by atoms with Gasteiger partial charge in [-0.3, -0.25) is 14.8 Å². The zero-order valence-electron chi connectivity index (χ0n) is 22.1. The van der Waals surface area contributed by atoms with Gasteiger partial charge in [0.1, 0.15) is 20.4 Å². The van der Waals surface area contributed by atoms with E-state index in [1.54, 1.807) is 7.05 Å². The quantitative estimate of drug-likeness (QED) is 0.150. The molecule has 0 saturated carbocycles. The van der Waals surface area contributed by atoms with Crippen LogP contribution < -0.4 is 15.4 Å². The Morgan fingerprint density at radius 2 is 1.97 bits per heavy atom. The Bertz CT molecular complexity index is 1100. The molecule has 1 amide bonds. The number of nitrogens with one attached hydrogen (secondary N) is 2. The van der Waals surface area contributed by atoms with Crippen LogP contribution in [0.3, 0.4) is 0 Å². The Kier molecular flexibility index (Phi) is 12.4. The van der Waals surface area contributed by atoms with Crippen molar-refractivity contribution in [3.05, 3.63) is 37.4 Å². The van der Waals surface area contributed by atoms with E-state index in [2.05, 4.69) is 68.9 Å². The number of carbonyl (C=O) groups is 1. The predicted octanol–water partition coefficient (Wildman–Crippen LogP) is 6.07. The average Bonchev–Trinajstić information content (AvgIpc) is 2.91. The first kappa shape index (κ1) is 31.1. The first-order valence-corrected chi connectivity index (χ1v) is 13.8. The highest BCUT2D eigenvalue weighted by molar-refractivity contribution is 9.10. The van der Waals surface area contributed by atoms with Gasteiger partial charge in [-0.25, -0.2) is 0 Å². The molecule has 11 heteroatoms. The van der Waals surface area contributed by atoms with Crippen molar-refractivity contribution >= 4 is 63.3 Å². The maximum Gasteiger partial charge on any atom is 0.257 e. The Morgan fingerprint density at radius 3 is 2.51 bits per heavy atom. The summed E-state index contributed by atoms with van der Waals surface area (Å²) >= 11 is 16.0. The molecule has 1 aliphatic rings. The molecule has 0 saturated heterocycles. The summed E-state index contributed by atoms with van der Waals surface area (Å²) in [5.41, 5.74) is 1.67. The van der Waals surface area contributed by atoms with Crippen molar-refractivity contribution in [1.29, 1.82) is 0 Å². The largest absolute Gasteiger partial charge is 0.505 e. The molecule has 1 unspecified atom stereocenters. The molecule has 0 spiro atoms. The topological polar surface area (TPSA) is 98.6 Å². The summed E-state index contributed by atoms with van der Waals surface area (Å²) in [4.78, 5) is 24.6. The molecule has 0 aromatic heterocycles. The van der Waals surface area contributed by atoms with Gasteiger partial charge < -0.3 is 25.4 Å². The number of hydrogen-bond acceptors (Lipinski definition) is 6. The van der Waals surface area contributed by atoms with Gasteiger partial charge in [-0.1, -0.05) is 50.0 Å². The van der Waals surface area contributed by atoms with Gasteiger partial charge in [0, 0.05) is 19.2 Å². The van der Waals surface area contributed by atoms with Crippen LogP contribution in [0.25, 0.3) is 0 Å². The van der Waals surface area contributed by atoms with Gasteiger partial charge >= 0.3 is 0 Å². The van der Waals surface area contributed by atoms with Crippen molar-refractivity contribution in [3.8, 4) is 11.5 Å². The Labute approximate surface area is 238 Å². The number of aromatic hydroxyl groups is 1. The molecule has 1 aromatic rings. The van der Waals surface area contributed by atoms with Crippen LogP contribution in [0.5, 0.6) is 11.5 Å². The molecule has 0 fully saturated rings. The van der Waals surface area contributed by atoms with E-state index in [4.69, 9.17) is 27.9 Å². The molecule has 1 aromatic carbocycles. The fourth-order valence-corrected chi connectivity index (χ4v) is 5.69. The highest BCUT2D eigenvalue weighted by atomic mass is 79.9. The first-order valence-electron chi connectivity index (χ1n) is 12.3. The van der Waals surface area contributed by atoms with Gasteiger partial charge in [0.25, 0.3) is 5.91 Å². The predicted molar refractivity (Wildman–Crippen MR) is 158 cm³/mol. The van der Waals surface area contributed by atoms with Crippen molar-refractivity contribution < 1.29 is 14.6 Å². The van der Waals surface area contributed by atoms with E-state index < -0.39 is 5.91 Å². The van der Waals surface area contributed by atoms with Crippen LogP contribution in [-0.4, -0.2) is 68.8 Å². The van der Waals surface area contributed by atoms with Crippen molar-refractivity contribution in [2.45, 2.75) is 40.0 Å². The third-order valence-corrected chi connectivity index (χ3v) is 7.90. The fraction of sp³-hybridized carbons (Fsp3) is 0.500. The fourth-order valence-electron chi connectivity index (χ4n) is 4.30. The molecule has 1 aliphatic carbocycles. The number of amidine groups is 1. The molecular weight excluding hydrogens is 581 g/mol. The van der Waals surface area contributed by atoms with E-state index in [1.807, 2.05) is 6.08 Å². The lowest BCUT2D eigenvalue weighted by Gasteiger charge is -2.28. The van der Waals surface area contributed by atoms with Gasteiger partial charge in [-0.05, 0) is 67.5 Å². The molecule has 0 heterocycles. The zero-order valence-corrected chi connectivity index (χ0v) is 25.1. The number of hydrogen-bond donors (Lipinski definition) is 3. The molecule has 0 aliphatic heterocycles. The number of carbonyl (C=O) groups excluding carboxylic acids is 1. The van der Waals surface area contributed by atoms with Crippen LogP contribution in [0.1, 0.15) is 40.0 Å². The highest BCUT2D eigenvalue weighted by Gasteiger charge is 2.31. The Balaban J connectivity index is 2.39. The SMILES string of the molecule is C=NC1=C(C(=NC)NCCCN(CC)CC)C(CC)CC=C1C(=O)Nc1c(Cl)c(O)c(Br)c(OC)c1Cl. The molecule has 2 rings (SSSR count). The second kappa shape index (κ2) is 14.8. The van der Waals surface area contributed by atoms with E-state index in [0.29, 0.717) is 23.5 Å². The lowest BCUT2D eigenvalue weighted by atomic mass is 9.83. The number of nitrogens with zero attached hydrogens (tertiary/aromatic N) is 3. The summed E-state index contributed by atoms with van der Waals surface area (Å²) < 4.78 is 5.45. The molecule has 0 bridgehead atoms. The van der Waals surface area contributed by atoms with E-state index in [-0.39, 0.29) is 37.6 Å². The maximum atomic E-state index is 13.5. The molecule has 8 nitrogen and oxygen atoms in total. The number of phenols is 1. The average molecular weight is 617 g/mol. The molecule has 1 atom stereocenters. The van der Waals surface area contributed by atoms with Crippen LogP contribution >= 0.6 is 39.1 Å². The lowest BCUT2D eigenvalue weighted by Crippen LogP contribution is -2.34. The van der Waals surface area contributed by atoms with Crippen molar-refractivity contribution in [2.24, 2.45) is 15.9 Å². The van der Waals surface area contributed by atoms with Crippen molar-refractivity contribution in [1.82, 2.24) is 10.2 Å². The number of methoxy groups -OCH3 is 1. The minimum Gasteiger partial charge on any atom is -0.505 e. The summed E-state index contributed by atoms with van der Waals surface area (Å²) in [6.07, 6.45) is 4.26.